The van der Waals surface area contributed by atoms with Crippen LogP contribution in [0.15, 0.2) is 103 Å². The van der Waals surface area contributed by atoms with Crippen LogP contribution in [-0.4, -0.2) is 18.0 Å². The first-order valence-electron chi connectivity index (χ1n) is 11.4. The van der Waals surface area contributed by atoms with Crippen LogP contribution in [0.25, 0.3) is 32.3 Å². The van der Waals surface area contributed by atoms with Gasteiger partial charge in [0, 0.05) is 23.0 Å². The topological polar surface area (TPSA) is 37.8 Å². The molecule has 5 rings (SSSR count). The van der Waals surface area contributed by atoms with Crippen molar-refractivity contribution in [2.75, 3.05) is 5.32 Å². The van der Waals surface area contributed by atoms with Gasteiger partial charge in [-0.1, -0.05) is 97.6 Å². The molecule has 2 aromatic heterocycles. The van der Waals surface area contributed by atoms with E-state index in [1.54, 1.807) is 11.3 Å². The average molecular weight is 478 g/mol. The first kappa shape index (κ1) is 22.3. The molecule has 3 aromatic carbocycles. The Morgan fingerprint density at radius 3 is 2.09 bits per heavy atom. The molecular weight excluding hydrogens is 450 g/mol. The van der Waals surface area contributed by atoms with E-state index in [0.29, 0.717) is 0 Å². The van der Waals surface area contributed by atoms with Crippen molar-refractivity contribution in [2.45, 2.75) is 19.6 Å². The first-order valence-corrected chi connectivity index (χ1v) is 15.7. The van der Waals surface area contributed by atoms with Crippen LogP contribution in [-0.2, 0) is 0 Å². The standard InChI is InChI=1S/C29H27N3SSi/c1-34(2,3)25-18-26(21-11-6-4-7-12-21)32-28(19-25)31-24-16-10-15-23(17-24)29-30-20-27(33-29)22-13-8-5-9-14-22/h4-20H,1-3H3,(H,31,32). The van der Waals surface area contributed by atoms with Gasteiger partial charge in [-0.15, -0.1) is 11.3 Å². The predicted molar refractivity (Wildman–Crippen MR) is 149 cm³/mol. The van der Waals surface area contributed by atoms with Crippen molar-refractivity contribution < 1.29 is 0 Å². The van der Waals surface area contributed by atoms with Crippen LogP contribution in [0.4, 0.5) is 11.5 Å². The lowest BCUT2D eigenvalue weighted by Gasteiger charge is -2.19. The summed E-state index contributed by atoms with van der Waals surface area (Å²) in [5.41, 5.74) is 5.44. The summed E-state index contributed by atoms with van der Waals surface area (Å²) in [6.45, 7) is 7.11. The smallest absolute Gasteiger partial charge is 0.130 e. The summed E-state index contributed by atoms with van der Waals surface area (Å²) >= 11 is 1.71. The van der Waals surface area contributed by atoms with Gasteiger partial charge in [0.15, 0.2) is 0 Å². The lowest BCUT2D eigenvalue weighted by Crippen LogP contribution is -2.38. The molecule has 34 heavy (non-hydrogen) atoms. The number of benzene rings is 3. The van der Waals surface area contributed by atoms with Crippen LogP contribution in [0, 0.1) is 0 Å². The Kier molecular flexibility index (Phi) is 6.13. The number of anilines is 2. The summed E-state index contributed by atoms with van der Waals surface area (Å²) in [5, 5.41) is 5.96. The summed E-state index contributed by atoms with van der Waals surface area (Å²) in [6, 6.07) is 33.7. The molecule has 0 aliphatic rings. The fraction of sp³-hybridized carbons (Fsp3) is 0.103. The Hall–Kier alpha value is -3.54. The van der Waals surface area contributed by atoms with Crippen LogP contribution < -0.4 is 10.5 Å². The van der Waals surface area contributed by atoms with Crippen LogP contribution in [0.1, 0.15) is 0 Å². The Balaban J connectivity index is 1.46. The van der Waals surface area contributed by atoms with Gasteiger partial charge in [0.2, 0.25) is 0 Å². The number of aromatic nitrogens is 2. The van der Waals surface area contributed by atoms with Crippen molar-refractivity contribution in [3.63, 3.8) is 0 Å². The van der Waals surface area contributed by atoms with Gasteiger partial charge in [0.25, 0.3) is 0 Å². The Morgan fingerprint density at radius 2 is 1.38 bits per heavy atom. The third-order valence-corrected chi connectivity index (χ3v) is 8.82. The summed E-state index contributed by atoms with van der Waals surface area (Å²) < 4.78 is 0. The van der Waals surface area contributed by atoms with E-state index >= 15 is 0 Å². The highest BCUT2D eigenvalue weighted by molar-refractivity contribution is 7.18. The molecule has 0 fully saturated rings. The molecule has 5 aromatic rings. The first-order chi connectivity index (χ1) is 16.5. The Bertz CT molecular complexity index is 1410. The maximum Gasteiger partial charge on any atom is 0.130 e. The van der Waals surface area contributed by atoms with E-state index in [2.05, 4.69) is 110 Å². The Labute approximate surface area is 206 Å². The molecule has 3 nitrogen and oxygen atoms in total. The Morgan fingerprint density at radius 1 is 0.706 bits per heavy atom. The molecule has 0 unspecified atom stereocenters. The van der Waals surface area contributed by atoms with E-state index in [1.807, 2.05) is 18.3 Å². The minimum atomic E-state index is -1.53. The van der Waals surface area contributed by atoms with Crippen LogP contribution in [0.5, 0.6) is 0 Å². The fourth-order valence-electron chi connectivity index (χ4n) is 3.81. The number of nitrogens with one attached hydrogen (secondary N) is 1. The van der Waals surface area contributed by atoms with E-state index in [9.17, 15) is 0 Å². The summed E-state index contributed by atoms with van der Waals surface area (Å²) in [7, 11) is -1.53. The van der Waals surface area contributed by atoms with Crippen molar-refractivity contribution in [1.29, 1.82) is 0 Å². The molecule has 0 saturated carbocycles. The van der Waals surface area contributed by atoms with E-state index in [1.165, 1.54) is 15.6 Å². The maximum atomic E-state index is 4.96. The molecule has 0 radical (unpaired) electrons. The molecule has 5 heteroatoms. The molecule has 0 aliphatic carbocycles. The third kappa shape index (κ3) is 5.01. The molecule has 0 saturated heterocycles. The molecule has 0 bridgehead atoms. The van der Waals surface area contributed by atoms with Crippen molar-refractivity contribution >= 4 is 36.1 Å². The number of hydrogen-bond donors (Lipinski definition) is 1. The molecular formula is C29H27N3SSi. The fourth-order valence-corrected chi connectivity index (χ4v) is 5.86. The highest BCUT2D eigenvalue weighted by atomic mass is 32.1. The maximum absolute atomic E-state index is 4.96. The second kappa shape index (κ2) is 9.37. The second-order valence-corrected chi connectivity index (χ2v) is 15.5. The molecule has 2 heterocycles. The summed E-state index contributed by atoms with van der Waals surface area (Å²) in [4.78, 5) is 10.8. The van der Waals surface area contributed by atoms with Crippen molar-refractivity contribution in [3.05, 3.63) is 103 Å². The zero-order chi connectivity index (χ0) is 23.5. The highest BCUT2D eigenvalue weighted by Crippen LogP contribution is 2.33. The van der Waals surface area contributed by atoms with Gasteiger partial charge in [-0.05, 0) is 29.8 Å². The largest absolute Gasteiger partial charge is 0.340 e. The zero-order valence-corrected chi connectivity index (χ0v) is 21.4. The number of nitrogens with zero attached hydrogens (tertiary/aromatic N) is 2. The highest BCUT2D eigenvalue weighted by Gasteiger charge is 2.19. The third-order valence-electron chi connectivity index (χ3n) is 5.71. The van der Waals surface area contributed by atoms with Gasteiger partial charge >= 0.3 is 0 Å². The van der Waals surface area contributed by atoms with Crippen LogP contribution >= 0.6 is 11.3 Å². The van der Waals surface area contributed by atoms with Gasteiger partial charge in [-0.25, -0.2) is 9.97 Å². The molecule has 0 spiro atoms. The monoisotopic (exact) mass is 477 g/mol. The van der Waals surface area contributed by atoms with E-state index in [0.717, 1.165) is 33.3 Å². The quantitative estimate of drug-likeness (QED) is 0.253. The summed E-state index contributed by atoms with van der Waals surface area (Å²) in [5.74, 6) is 0.875. The van der Waals surface area contributed by atoms with Gasteiger partial charge in [0.05, 0.1) is 18.6 Å². The van der Waals surface area contributed by atoms with Gasteiger partial charge < -0.3 is 5.32 Å². The molecule has 0 aliphatic heterocycles. The molecule has 0 atom stereocenters. The molecule has 1 N–H and O–H groups in total. The second-order valence-electron chi connectivity index (χ2n) is 9.34. The van der Waals surface area contributed by atoms with Gasteiger partial charge in [0.1, 0.15) is 10.8 Å². The van der Waals surface area contributed by atoms with E-state index < -0.39 is 8.07 Å². The SMILES string of the molecule is C[Si](C)(C)c1cc(Nc2cccc(-c3ncc(-c4ccccc4)s3)c2)nc(-c2ccccc2)c1. The number of hydrogen-bond acceptors (Lipinski definition) is 4. The molecule has 168 valence electrons. The summed E-state index contributed by atoms with van der Waals surface area (Å²) in [6.07, 6.45) is 1.96. The van der Waals surface area contributed by atoms with E-state index in [-0.39, 0.29) is 0 Å². The van der Waals surface area contributed by atoms with Crippen molar-refractivity contribution in [3.8, 4) is 32.3 Å². The normalized spacial score (nSPS) is 11.4. The lowest BCUT2D eigenvalue weighted by atomic mass is 10.1. The van der Waals surface area contributed by atoms with Crippen LogP contribution in [0.2, 0.25) is 19.6 Å². The average Bonchev–Trinajstić information content (AvgIpc) is 3.35. The van der Waals surface area contributed by atoms with Crippen molar-refractivity contribution in [2.24, 2.45) is 0 Å². The number of rotatable bonds is 6. The minimum absolute atomic E-state index is 0.875. The number of thiazole rings is 1. The van der Waals surface area contributed by atoms with Crippen molar-refractivity contribution in [1.82, 2.24) is 9.97 Å². The van der Waals surface area contributed by atoms with E-state index in [4.69, 9.17) is 9.97 Å². The lowest BCUT2D eigenvalue weighted by molar-refractivity contribution is 1.31. The molecule has 0 amide bonds. The van der Waals surface area contributed by atoms with Gasteiger partial charge in [-0.3, -0.25) is 0 Å². The zero-order valence-electron chi connectivity index (χ0n) is 19.6. The predicted octanol–water partition coefficient (Wildman–Crippen LogP) is 7.83. The number of pyridine rings is 1. The van der Waals surface area contributed by atoms with Gasteiger partial charge in [-0.2, -0.15) is 0 Å². The van der Waals surface area contributed by atoms with Crippen LogP contribution in [0.3, 0.4) is 0 Å². The minimum Gasteiger partial charge on any atom is -0.340 e.